The molecule has 1 heterocycles. The summed E-state index contributed by atoms with van der Waals surface area (Å²) in [5, 5.41) is 0. The summed E-state index contributed by atoms with van der Waals surface area (Å²) in [5.74, 6) is 0.867. The van der Waals surface area contributed by atoms with E-state index >= 15 is 0 Å². The Balaban J connectivity index is 2.26. The van der Waals surface area contributed by atoms with Gasteiger partial charge in [0.2, 0.25) is 5.91 Å². The van der Waals surface area contributed by atoms with Crippen molar-refractivity contribution in [2.24, 2.45) is 5.92 Å². The van der Waals surface area contributed by atoms with E-state index in [1.165, 1.54) is 0 Å². The first kappa shape index (κ1) is 16.4. The van der Waals surface area contributed by atoms with Crippen molar-refractivity contribution >= 4 is 5.91 Å². The molecule has 1 aliphatic rings. The van der Waals surface area contributed by atoms with Crippen LogP contribution in [-0.2, 0) is 9.53 Å². The summed E-state index contributed by atoms with van der Waals surface area (Å²) in [6.45, 7) is 11.5. The molecule has 1 saturated heterocycles. The van der Waals surface area contributed by atoms with Gasteiger partial charge in [-0.2, -0.15) is 0 Å². The van der Waals surface area contributed by atoms with Crippen LogP contribution in [-0.4, -0.2) is 61.1 Å². The third-order valence-corrected chi connectivity index (χ3v) is 3.94. The standard InChI is InChI=1S/C15H30N2O2/c1-12(2)16(5)10-14-6-8-17(9-7-14)15(18)11-19-13(3)4/h12-14H,6-11H2,1-5H3. The molecule has 0 N–H and O–H groups in total. The predicted molar refractivity (Wildman–Crippen MR) is 78.2 cm³/mol. The summed E-state index contributed by atoms with van der Waals surface area (Å²) in [7, 11) is 2.18. The highest BCUT2D eigenvalue weighted by Crippen LogP contribution is 2.19. The summed E-state index contributed by atoms with van der Waals surface area (Å²) in [5.41, 5.74) is 0. The summed E-state index contributed by atoms with van der Waals surface area (Å²) in [4.78, 5) is 16.3. The monoisotopic (exact) mass is 270 g/mol. The molecule has 1 fully saturated rings. The Hall–Kier alpha value is -0.610. The summed E-state index contributed by atoms with van der Waals surface area (Å²) >= 11 is 0. The summed E-state index contributed by atoms with van der Waals surface area (Å²) < 4.78 is 5.38. The molecule has 0 aromatic heterocycles. The van der Waals surface area contributed by atoms with E-state index in [0.29, 0.717) is 6.04 Å². The fourth-order valence-corrected chi connectivity index (χ4v) is 2.31. The molecular weight excluding hydrogens is 240 g/mol. The van der Waals surface area contributed by atoms with Crippen LogP contribution in [0.4, 0.5) is 0 Å². The van der Waals surface area contributed by atoms with E-state index in [1.807, 2.05) is 18.7 Å². The van der Waals surface area contributed by atoms with Crippen LogP contribution >= 0.6 is 0 Å². The average molecular weight is 270 g/mol. The molecule has 0 aromatic rings. The van der Waals surface area contributed by atoms with Gasteiger partial charge in [-0.05, 0) is 53.5 Å². The zero-order valence-corrected chi connectivity index (χ0v) is 13.2. The molecule has 19 heavy (non-hydrogen) atoms. The van der Waals surface area contributed by atoms with Crippen LogP contribution in [0.1, 0.15) is 40.5 Å². The number of hydrogen-bond acceptors (Lipinski definition) is 3. The van der Waals surface area contributed by atoms with Crippen molar-refractivity contribution in [3.63, 3.8) is 0 Å². The van der Waals surface area contributed by atoms with Crippen molar-refractivity contribution in [3.05, 3.63) is 0 Å². The minimum Gasteiger partial charge on any atom is -0.369 e. The number of nitrogens with zero attached hydrogens (tertiary/aromatic N) is 2. The van der Waals surface area contributed by atoms with E-state index in [-0.39, 0.29) is 18.6 Å². The fourth-order valence-electron chi connectivity index (χ4n) is 2.31. The van der Waals surface area contributed by atoms with Crippen molar-refractivity contribution in [3.8, 4) is 0 Å². The molecule has 0 radical (unpaired) electrons. The van der Waals surface area contributed by atoms with E-state index in [9.17, 15) is 4.79 Å². The molecule has 1 aliphatic heterocycles. The number of ether oxygens (including phenoxy) is 1. The van der Waals surface area contributed by atoms with E-state index in [1.54, 1.807) is 0 Å². The van der Waals surface area contributed by atoms with Gasteiger partial charge in [0.25, 0.3) is 0 Å². The van der Waals surface area contributed by atoms with E-state index in [0.717, 1.165) is 38.4 Å². The second-order valence-corrected chi connectivity index (χ2v) is 6.22. The van der Waals surface area contributed by atoms with Crippen LogP contribution in [0.5, 0.6) is 0 Å². The van der Waals surface area contributed by atoms with Crippen LogP contribution < -0.4 is 0 Å². The van der Waals surface area contributed by atoms with Gasteiger partial charge in [0, 0.05) is 25.7 Å². The zero-order chi connectivity index (χ0) is 14.4. The normalized spacial score (nSPS) is 17.8. The van der Waals surface area contributed by atoms with E-state index < -0.39 is 0 Å². The van der Waals surface area contributed by atoms with Gasteiger partial charge in [-0.3, -0.25) is 4.79 Å². The number of amides is 1. The maximum absolute atomic E-state index is 11.9. The number of likely N-dealkylation sites (tertiary alicyclic amines) is 1. The summed E-state index contributed by atoms with van der Waals surface area (Å²) in [6.07, 6.45) is 2.36. The molecule has 1 amide bonds. The largest absolute Gasteiger partial charge is 0.369 e. The lowest BCUT2D eigenvalue weighted by Crippen LogP contribution is -2.43. The lowest BCUT2D eigenvalue weighted by Gasteiger charge is -2.35. The topological polar surface area (TPSA) is 32.8 Å². The van der Waals surface area contributed by atoms with Gasteiger partial charge >= 0.3 is 0 Å². The Morgan fingerprint density at radius 3 is 2.32 bits per heavy atom. The van der Waals surface area contributed by atoms with Crippen LogP contribution in [0, 0.1) is 5.92 Å². The second kappa shape index (κ2) is 7.85. The quantitative estimate of drug-likeness (QED) is 0.740. The highest BCUT2D eigenvalue weighted by atomic mass is 16.5. The highest BCUT2D eigenvalue weighted by Gasteiger charge is 2.24. The number of piperidine rings is 1. The lowest BCUT2D eigenvalue weighted by molar-refractivity contribution is -0.139. The molecule has 0 bridgehead atoms. The predicted octanol–water partition coefficient (Wildman–Crippen LogP) is 1.99. The van der Waals surface area contributed by atoms with Gasteiger partial charge < -0.3 is 14.5 Å². The maximum Gasteiger partial charge on any atom is 0.248 e. The Labute approximate surface area is 118 Å². The molecule has 112 valence electrons. The molecule has 0 unspecified atom stereocenters. The third kappa shape index (κ3) is 5.91. The summed E-state index contributed by atoms with van der Waals surface area (Å²) in [6, 6.07) is 0.596. The molecule has 0 atom stereocenters. The second-order valence-electron chi connectivity index (χ2n) is 6.22. The van der Waals surface area contributed by atoms with Crippen molar-refractivity contribution < 1.29 is 9.53 Å². The molecule has 4 heteroatoms. The van der Waals surface area contributed by atoms with Gasteiger partial charge in [-0.15, -0.1) is 0 Å². The first-order valence-corrected chi connectivity index (χ1v) is 7.49. The van der Waals surface area contributed by atoms with Gasteiger partial charge in [0.05, 0.1) is 6.10 Å². The van der Waals surface area contributed by atoms with Crippen molar-refractivity contribution in [2.45, 2.75) is 52.7 Å². The third-order valence-electron chi connectivity index (χ3n) is 3.94. The smallest absolute Gasteiger partial charge is 0.248 e. The molecule has 0 spiro atoms. The van der Waals surface area contributed by atoms with Gasteiger partial charge in [0.15, 0.2) is 0 Å². The van der Waals surface area contributed by atoms with Crippen molar-refractivity contribution in [1.82, 2.24) is 9.80 Å². The Morgan fingerprint density at radius 1 is 1.26 bits per heavy atom. The van der Waals surface area contributed by atoms with Crippen LogP contribution in [0.15, 0.2) is 0 Å². The van der Waals surface area contributed by atoms with E-state index in [4.69, 9.17) is 4.74 Å². The van der Waals surface area contributed by atoms with Crippen LogP contribution in [0.3, 0.4) is 0 Å². The molecule has 0 aliphatic carbocycles. The van der Waals surface area contributed by atoms with Gasteiger partial charge in [-0.25, -0.2) is 0 Å². The minimum atomic E-state index is 0.126. The lowest BCUT2D eigenvalue weighted by atomic mass is 9.96. The number of rotatable bonds is 6. The zero-order valence-electron chi connectivity index (χ0n) is 13.2. The van der Waals surface area contributed by atoms with Crippen molar-refractivity contribution in [1.29, 1.82) is 0 Å². The minimum absolute atomic E-state index is 0.126. The number of hydrogen-bond donors (Lipinski definition) is 0. The Kier molecular flexibility index (Phi) is 6.80. The van der Waals surface area contributed by atoms with Crippen molar-refractivity contribution in [2.75, 3.05) is 33.3 Å². The maximum atomic E-state index is 11.9. The Morgan fingerprint density at radius 2 is 1.84 bits per heavy atom. The molecule has 1 rings (SSSR count). The molecule has 4 nitrogen and oxygen atoms in total. The molecule has 0 aromatic carbocycles. The number of carbonyl (C=O) groups is 1. The first-order chi connectivity index (χ1) is 8.90. The Bertz CT molecular complexity index is 271. The highest BCUT2D eigenvalue weighted by molar-refractivity contribution is 5.77. The SMILES string of the molecule is CC(C)OCC(=O)N1CCC(CN(C)C(C)C)CC1. The first-order valence-electron chi connectivity index (χ1n) is 7.49. The molecular formula is C15H30N2O2. The molecule has 0 saturated carbocycles. The van der Waals surface area contributed by atoms with E-state index in [2.05, 4.69) is 25.8 Å². The van der Waals surface area contributed by atoms with Gasteiger partial charge in [0.1, 0.15) is 6.61 Å². The number of carbonyl (C=O) groups excluding carboxylic acids is 1. The average Bonchev–Trinajstić information content (AvgIpc) is 2.36. The van der Waals surface area contributed by atoms with Gasteiger partial charge in [-0.1, -0.05) is 0 Å². The fraction of sp³-hybridized carbons (Fsp3) is 0.933. The van der Waals surface area contributed by atoms with Crippen LogP contribution in [0.2, 0.25) is 0 Å². The van der Waals surface area contributed by atoms with Crippen LogP contribution in [0.25, 0.3) is 0 Å².